The first-order chi connectivity index (χ1) is 5.89. The molecule has 3 heteroatoms. The molecule has 0 atom stereocenters. The first-order valence-electron chi connectivity index (χ1n) is 4.89. The Kier molecular flexibility index (Phi) is 6.52. The summed E-state index contributed by atoms with van der Waals surface area (Å²) in [6, 6.07) is 0. The molecule has 0 spiro atoms. The molecular weight excluding hydrogens is 200 g/mol. The van der Waals surface area contributed by atoms with Crippen molar-refractivity contribution in [2.45, 2.75) is 53.1 Å². The molecule has 0 fully saturated rings. The van der Waals surface area contributed by atoms with Crippen LogP contribution in [0.3, 0.4) is 0 Å². The van der Waals surface area contributed by atoms with Gasteiger partial charge < -0.3 is 0 Å². The molecule has 1 nitrogen and oxygen atoms in total. The topological polar surface area (TPSA) is 9.23 Å². The van der Waals surface area contributed by atoms with Crippen molar-refractivity contribution in [3.05, 3.63) is 0 Å². The molecule has 80 valence electrons. The third kappa shape index (κ3) is 6.69. The largest absolute Gasteiger partial charge is 0.299 e. The van der Waals surface area contributed by atoms with Crippen LogP contribution in [-0.4, -0.2) is 5.60 Å². The second-order valence-electron chi connectivity index (χ2n) is 4.80. The Morgan fingerprint density at radius 1 is 1.15 bits per heavy atom. The highest BCUT2D eigenvalue weighted by Crippen LogP contribution is 2.32. The third-order valence-corrected chi connectivity index (χ3v) is 2.62. The molecular formula is C10H22OS2. The Morgan fingerprint density at radius 3 is 1.77 bits per heavy atom. The van der Waals surface area contributed by atoms with Crippen LogP contribution in [0.5, 0.6) is 0 Å². The van der Waals surface area contributed by atoms with E-state index < -0.39 is 0 Å². The molecule has 0 rings (SSSR count). The molecule has 0 aliphatic heterocycles. The molecule has 0 N–H and O–H groups in total. The lowest BCUT2D eigenvalue weighted by Crippen LogP contribution is -2.29. The van der Waals surface area contributed by atoms with Gasteiger partial charge >= 0.3 is 0 Å². The lowest BCUT2D eigenvalue weighted by molar-refractivity contribution is 0.0693. The van der Waals surface area contributed by atoms with Gasteiger partial charge in [0.2, 0.25) is 0 Å². The molecule has 0 bridgehead atoms. The summed E-state index contributed by atoms with van der Waals surface area (Å²) in [5, 5.41) is 0. The molecule has 0 aromatic carbocycles. The Balaban J connectivity index is 4.15. The summed E-state index contributed by atoms with van der Waals surface area (Å²) in [7, 11) is 0. The summed E-state index contributed by atoms with van der Waals surface area (Å²) in [6.45, 7) is 11.1. The predicted molar refractivity (Wildman–Crippen MR) is 65.0 cm³/mol. The van der Waals surface area contributed by atoms with Crippen molar-refractivity contribution in [1.29, 1.82) is 0 Å². The van der Waals surface area contributed by atoms with Crippen LogP contribution in [0.1, 0.15) is 47.5 Å². The van der Waals surface area contributed by atoms with Crippen molar-refractivity contribution in [1.82, 2.24) is 0 Å². The average Bonchev–Trinajstić information content (AvgIpc) is 1.81. The van der Waals surface area contributed by atoms with Crippen LogP contribution >= 0.6 is 22.7 Å². The first-order valence-corrected chi connectivity index (χ1v) is 6.68. The van der Waals surface area contributed by atoms with Crippen LogP contribution < -0.4 is 0 Å². The maximum atomic E-state index is 5.63. The minimum absolute atomic E-state index is 0.0191. The van der Waals surface area contributed by atoms with Crippen molar-refractivity contribution in [3.63, 3.8) is 0 Å². The van der Waals surface area contributed by atoms with E-state index in [0.29, 0.717) is 11.8 Å². The van der Waals surface area contributed by atoms with Gasteiger partial charge in [-0.2, -0.15) is 0 Å². The highest BCUT2D eigenvalue weighted by atomic mass is 33.1. The maximum absolute atomic E-state index is 5.63. The fourth-order valence-corrected chi connectivity index (χ4v) is 2.82. The predicted octanol–water partition coefficient (Wildman–Crippen LogP) is 4.35. The molecule has 13 heavy (non-hydrogen) atoms. The second-order valence-corrected chi connectivity index (χ2v) is 5.57. The lowest BCUT2D eigenvalue weighted by atomic mass is 9.87. The number of hydrogen-bond donors (Lipinski definition) is 1. The van der Waals surface area contributed by atoms with Gasteiger partial charge in [-0.3, -0.25) is 4.18 Å². The van der Waals surface area contributed by atoms with Crippen LogP contribution in [0.15, 0.2) is 0 Å². The molecule has 0 saturated carbocycles. The number of hydrogen-bond acceptors (Lipinski definition) is 3. The zero-order chi connectivity index (χ0) is 10.5. The molecule has 0 heterocycles. The highest BCUT2D eigenvalue weighted by molar-refractivity contribution is 8.66. The minimum Gasteiger partial charge on any atom is -0.299 e. The molecule has 0 amide bonds. The lowest BCUT2D eigenvalue weighted by Gasteiger charge is -2.31. The van der Waals surface area contributed by atoms with Crippen LogP contribution in [0.25, 0.3) is 0 Å². The van der Waals surface area contributed by atoms with E-state index in [9.17, 15) is 0 Å². The zero-order valence-electron chi connectivity index (χ0n) is 9.33. The Labute approximate surface area is 92.0 Å². The van der Waals surface area contributed by atoms with Gasteiger partial charge in [-0.25, -0.2) is 0 Å². The Morgan fingerprint density at radius 2 is 1.54 bits per heavy atom. The average molecular weight is 222 g/mol. The van der Waals surface area contributed by atoms with E-state index in [1.807, 2.05) is 0 Å². The van der Waals surface area contributed by atoms with E-state index in [2.05, 4.69) is 46.3 Å². The minimum atomic E-state index is -0.0191. The number of rotatable bonds is 6. The van der Waals surface area contributed by atoms with Crippen molar-refractivity contribution in [3.8, 4) is 0 Å². The molecule has 0 unspecified atom stereocenters. The van der Waals surface area contributed by atoms with E-state index in [-0.39, 0.29) is 5.60 Å². The van der Waals surface area contributed by atoms with Crippen LogP contribution in [0.2, 0.25) is 0 Å². The van der Waals surface area contributed by atoms with Gasteiger partial charge in [-0.15, -0.1) is 0 Å². The van der Waals surface area contributed by atoms with Crippen molar-refractivity contribution >= 4 is 22.7 Å². The van der Waals surface area contributed by atoms with Crippen LogP contribution in [0, 0.1) is 11.8 Å². The van der Waals surface area contributed by atoms with Gasteiger partial charge in [-0.1, -0.05) is 39.4 Å². The van der Waals surface area contributed by atoms with E-state index in [1.54, 1.807) is 0 Å². The quantitative estimate of drug-likeness (QED) is 0.406. The monoisotopic (exact) mass is 222 g/mol. The van der Waals surface area contributed by atoms with Crippen LogP contribution in [-0.2, 0) is 4.18 Å². The SMILES string of the molecule is CC(C)CC(C)(CC(C)C)OSS. The van der Waals surface area contributed by atoms with Crippen LogP contribution in [0.4, 0.5) is 0 Å². The van der Waals surface area contributed by atoms with E-state index in [4.69, 9.17) is 4.18 Å². The first kappa shape index (κ1) is 13.7. The second kappa shape index (κ2) is 6.20. The summed E-state index contributed by atoms with van der Waals surface area (Å²) in [5.41, 5.74) is -0.0191. The third-order valence-electron chi connectivity index (χ3n) is 1.92. The summed E-state index contributed by atoms with van der Waals surface area (Å²) in [4.78, 5) is 0. The van der Waals surface area contributed by atoms with Gasteiger partial charge in [0.05, 0.1) is 16.7 Å². The van der Waals surface area contributed by atoms with Crippen molar-refractivity contribution < 1.29 is 4.18 Å². The Hall–Kier alpha value is 0.660. The van der Waals surface area contributed by atoms with Crippen molar-refractivity contribution in [2.24, 2.45) is 11.8 Å². The highest BCUT2D eigenvalue weighted by Gasteiger charge is 2.27. The van der Waals surface area contributed by atoms with Gasteiger partial charge in [0.25, 0.3) is 0 Å². The standard InChI is InChI=1S/C10H22OS2/c1-8(2)6-10(5,11-13-12)7-9(3)4/h8-9,12H,6-7H2,1-5H3. The van der Waals surface area contributed by atoms with Gasteiger partial charge in [0, 0.05) is 0 Å². The summed E-state index contributed by atoms with van der Waals surface area (Å²) < 4.78 is 5.63. The summed E-state index contributed by atoms with van der Waals surface area (Å²) in [5.74, 6) is 1.34. The fraction of sp³-hybridized carbons (Fsp3) is 1.00. The molecule has 0 radical (unpaired) electrons. The normalized spacial score (nSPS) is 12.9. The maximum Gasteiger partial charge on any atom is 0.0816 e. The molecule has 0 aliphatic carbocycles. The summed E-state index contributed by atoms with van der Waals surface area (Å²) in [6.07, 6.45) is 2.19. The van der Waals surface area contributed by atoms with E-state index in [0.717, 1.165) is 12.8 Å². The molecule has 0 saturated heterocycles. The molecule has 0 aromatic heterocycles. The smallest absolute Gasteiger partial charge is 0.0816 e. The van der Waals surface area contributed by atoms with Gasteiger partial charge in [-0.05, 0) is 31.6 Å². The van der Waals surface area contributed by atoms with E-state index in [1.165, 1.54) is 11.1 Å². The summed E-state index contributed by atoms with van der Waals surface area (Å²) >= 11 is 5.24. The molecule has 0 aliphatic rings. The Bertz CT molecular complexity index is 125. The van der Waals surface area contributed by atoms with E-state index >= 15 is 0 Å². The molecule has 0 aromatic rings. The van der Waals surface area contributed by atoms with Crippen molar-refractivity contribution in [2.75, 3.05) is 0 Å². The van der Waals surface area contributed by atoms with Gasteiger partial charge in [0.1, 0.15) is 0 Å². The van der Waals surface area contributed by atoms with Gasteiger partial charge in [0.15, 0.2) is 0 Å². The number of thiol groups is 1. The zero-order valence-corrected chi connectivity index (χ0v) is 11.0. The fourth-order valence-electron chi connectivity index (χ4n) is 1.97.